The Balaban J connectivity index is 2.14. The molecule has 0 aromatic carbocycles. The molecule has 1 heterocycles. The van der Waals surface area contributed by atoms with Crippen LogP contribution in [-0.4, -0.2) is 21.7 Å². The fourth-order valence-corrected chi connectivity index (χ4v) is 3.15. The van der Waals surface area contributed by atoms with E-state index in [0.717, 1.165) is 18.5 Å². The van der Waals surface area contributed by atoms with E-state index in [1.807, 2.05) is 6.92 Å². The molecule has 0 bridgehead atoms. The summed E-state index contributed by atoms with van der Waals surface area (Å²) in [5.74, 6) is 1.07. The zero-order valence-corrected chi connectivity index (χ0v) is 12.9. The summed E-state index contributed by atoms with van der Waals surface area (Å²) < 4.78 is 1.60. The highest BCUT2D eigenvalue weighted by Crippen LogP contribution is 2.30. The highest BCUT2D eigenvalue weighted by Gasteiger charge is 2.30. The van der Waals surface area contributed by atoms with Crippen molar-refractivity contribution in [2.24, 2.45) is 18.9 Å². The van der Waals surface area contributed by atoms with Crippen LogP contribution in [0.2, 0.25) is 0 Å². The van der Waals surface area contributed by atoms with Gasteiger partial charge >= 0.3 is 0 Å². The normalized spacial score (nSPS) is 26.5. The van der Waals surface area contributed by atoms with Gasteiger partial charge in [0, 0.05) is 13.1 Å². The molecule has 3 N–H and O–H groups in total. The Hall–Kier alpha value is -1.52. The van der Waals surface area contributed by atoms with Crippen LogP contribution < -0.4 is 11.1 Å². The molecule has 1 saturated carbocycles. The van der Waals surface area contributed by atoms with Gasteiger partial charge in [0.05, 0.1) is 11.4 Å². The summed E-state index contributed by atoms with van der Waals surface area (Å²) >= 11 is 0. The average Bonchev–Trinajstić information content (AvgIpc) is 2.69. The first-order chi connectivity index (χ1) is 9.45. The molecule has 0 spiro atoms. The summed E-state index contributed by atoms with van der Waals surface area (Å²) in [5, 5.41) is 7.46. The molecule has 1 aromatic heterocycles. The van der Waals surface area contributed by atoms with Crippen molar-refractivity contribution in [1.82, 2.24) is 15.1 Å². The van der Waals surface area contributed by atoms with E-state index in [1.165, 1.54) is 12.8 Å². The summed E-state index contributed by atoms with van der Waals surface area (Å²) in [6.07, 6.45) is 4.22. The molecule has 0 radical (unpaired) electrons. The third kappa shape index (κ3) is 2.67. The van der Waals surface area contributed by atoms with Crippen molar-refractivity contribution in [3.05, 3.63) is 11.4 Å². The molecular formula is C15H26N4O. The zero-order chi connectivity index (χ0) is 14.9. The van der Waals surface area contributed by atoms with Gasteiger partial charge in [0.25, 0.3) is 5.91 Å². The van der Waals surface area contributed by atoms with Crippen molar-refractivity contribution < 1.29 is 4.79 Å². The Kier molecular flexibility index (Phi) is 4.35. The first-order valence-electron chi connectivity index (χ1n) is 7.57. The van der Waals surface area contributed by atoms with E-state index in [4.69, 9.17) is 5.73 Å². The van der Waals surface area contributed by atoms with E-state index in [0.29, 0.717) is 23.2 Å². The lowest BCUT2D eigenvalue weighted by Crippen LogP contribution is -2.44. The number of anilines is 1. The summed E-state index contributed by atoms with van der Waals surface area (Å²) in [7, 11) is 1.78. The molecule has 1 amide bonds. The standard InChI is InChI=1S/C15H26N4O/c1-5-11-13(16)14(19(4)18-11)15(20)17-12-8-6-7-9(2)10(12)3/h9-10,12H,5-8,16H2,1-4H3,(H,17,20). The minimum Gasteiger partial charge on any atom is -0.395 e. The summed E-state index contributed by atoms with van der Waals surface area (Å²) in [6.45, 7) is 6.47. The number of aromatic nitrogens is 2. The Morgan fingerprint density at radius 1 is 1.45 bits per heavy atom. The lowest BCUT2D eigenvalue weighted by atomic mass is 9.78. The highest BCUT2D eigenvalue weighted by atomic mass is 16.2. The molecular weight excluding hydrogens is 252 g/mol. The number of nitrogens with zero attached hydrogens (tertiary/aromatic N) is 2. The van der Waals surface area contributed by atoms with Crippen molar-refractivity contribution in [2.75, 3.05) is 5.73 Å². The Morgan fingerprint density at radius 3 is 2.75 bits per heavy atom. The molecule has 2 rings (SSSR count). The topological polar surface area (TPSA) is 72.9 Å². The number of nitrogens with two attached hydrogens (primary N) is 1. The van der Waals surface area contributed by atoms with E-state index >= 15 is 0 Å². The van der Waals surface area contributed by atoms with Gasteiger partial charge in [0.2, 0.25) is 0 Å². The molecule has 20 heavy (non-hydrogen) atoms. The quantitative estimate of drug-likeness (QED) is 0.889. The van der Waals surface area contributed by atoms with Crippen LogP contribution in [0.5, 0.6) is 0 Å². The molecule has 3 atom stereocenters. The second-order valence-electron chi connectivity index (χ2n) is 6.03. The van der Waals surface area contributed by atoms with Gasteiger partial charge in [-0.2, -0.15) is 5.10 Å². The number of hydrogen-bond donors (Lipinski definition) is 2. The van der Waals surface area contributed by atoms with E-state index in [-0.39, 0.29) is 11.9 Å². The smallest absolute Gasteiger partial charge is 0.271 e. The molecule has 112 valence electrons. The monoisotopic (exact) mass is 278 g/mol. The highest BCUT2D eigenvalue weighted by molar-refractivity contribution is 5.98. The van der Waals surface area contributed by atoms with Crippen LogP contribution in [0.15, 0.2) is 0 Å². The number of aryl methyl sites for hydroxylation is 2. The van der Waals surface area contributed by atoms with Gasteiger partial charge in [-0.1, -0.05) is 33.6 Å². The molecule has 5 nitrogen and oxygen atoms in total. The Labute approximate surface area is 120 Å². The summed E-state index contributed by atoms with van der Waals surface area (Å²) in [4.78, 5) is 12.5. The fraction of sp³-hybridized carbons (Fsp3) is 0.733. The molecule has 3 unspecified atom stereocenters. The maximum absolute atomic E-state index is 12.5. The largest absolute Gasteiger partial charge is 0.395 e. The second-order valence-corrected chi connectivity index (χ2v) is 6.03. The Morgan fingerprint density at radius 2 is 2.15 bits per heavy atom. The number of rotatable bonds is 3. The molecule has 0 saturated heterocycles. The average molecular weight is 278 g/mol. The van der Waals surface area contributed by atoms with E-state index in [2.05, 4.69) is 24.3 Å². The lowest BCUT2D eigenvalue weighted by Gasteiger charge is -2.34. The molecule has 1 aliphatic rings. The van der Waals surface area contributed by atoms with Gasteiger partial charge < -0.3 is 11.1 Å². The predicted molar refractivity (Wildman–Crippen MR) is 80.4 cm³/mol. The summed E-state index contributed by atoms with van der Waals surface area (Å²) in [6, 6.07) is 0.241. The van der Waals surface area contributed by atoms with Gasteiger partial charge in [-0.05, 0) is 24.7 Å². The predicted octanol–water partition coefficient (Wildman–Crippen LogP) is 2.12. The van der Waals surface area contributed by atoms with Crippen LogP contribution in [0.1, 0.15) is 56.2 Å². The molecule has 1 fully saturated rings. The van der Waals surface area contributed by atoms with Gasteiger partial charge in [-0.15, -0.1) is 0 Å². The van der Waals surface area contributed by atoms with Gasteiger partial charge in [0.1, 0.15) is 5.69 Å². The third-order valence-corrected chi connectivity index (χ3v) is 4.73. The van der Waals surface area contributed by atoms with Crippen LogP contribution in [0.4, 0.5) is 5.69 Å². The molecule has 0 aliphatic heterocycles. The Bertz CT molecular complexity index is 494. The number of carbonyl (C=O) groups excluding carboxylic acids is 1. The number of hydrogen-bond acceptors (Lipinski definition) is 3. The lowest BCUT2D eigenvalue weighted by molar-refractivity contribution is 0.0882. The van der Waals surface area contributed by atoms with Crippen LogP contribution in [0, 0.1) is 11.8 Å². The van der Waals surface area contributed by atoms with Crippen LogP contribution >= 0.6 is 0 Å². The second kappa shape index (κ2) is 5.85. The molecule has 1 aromatic rings. The molecule has 1 aliphatic carbocycles. The van der Waals surface area contributed by atoms with Crippen molar-refractivity contribution in [3.63, 3.8) is 0 Å². The van der Waals surface area contributed by atoms with E-state index in [9.17, 15) is 4.79 Å². The number of amides is 1. The van der Waals surface area contributed by atoms with Crippen LogP contribution in [0.25, 0.3) is 0 Å². The minimum absolute atomic E-state index is 0.0943. The summed E-state index contributed by atoms with van der Waals surface area (Å²) in [5.41, 5.74) is 7.84. The number of nitrogens with one attached hydrogen (secondary N) is 1. The van der Waals surface area contributed by atoms with E-state index < -0.39 is 0 Å². The van der Waals surface area contributed by atoms with Crippen molar-refractivity contribution >= 4 is 11.6 Å². The van der Waals surface area contributed by atoms with Gasteiger partial charge in [-0.3, -0.25) is 9.48 Å². The minimum atomic E-state index is -0.0943. The van der Waals surface area contributed by atoms with Gasteiger partial charge in [0.15, 0.2) is 0 Å². The van der Waals surface area contributed by atoms with Crippen molar-refractivity contribution in [3.8, 4) is 0 Å². The van der Waals surface area contributed by atoms with Gasteiger partial charge in [-0.25, -0.2) is 0 Å². The molecule has 5 heteroatoms. The van der Waals surface area contributed by atoms with Crippen LogP contribution in [-0.2, 0) is 13.5 Å². The SMILES string of the molecule is CCc1nn(C)c(C(=O)NC2CCCC(C)C2C)c1N. The third-order valence-electron chi connectivity index (χ3n) is 4.73. The van der Waals surface area contributed by atoms with Crippen molar-refractivity contribution in [2.45, 2.75) is 52.5 Å². The first kappa shape index (κ1) is 14.9. The number of nitrogen functional groups attached to an aromatic ring is 1. The zero-order valence-electron chi connectivity index (χ0n) is 12.9. The number of carbonyl (C=O) groups is 1. The van der Waals surface area contributed by atoms with Crippen molar-refractivity contribution in [1.29, 1.82) is 0 Å². The first-order valence-corrected chi connectivity index (χ1v) is 7.57. The van der Waals surface area contributed by atoms with Crippen LogP contribution in [0.3, 0.4) is 0 Å². The maximum Gasteiger partial charge on any atom is 0.271 e. The maximum atomic E-state index is 12.5. The van der Waals surface area contributed by atoms with E-state index in [1.54, 1.807) is 11.7 Å². The fourth-order valence-electron chi connectivity index (χ4n) is 3.15.